The van der Waals surface area contributed by atoms with Crippen LogP contribution in [0, 0.1) is 11.6 Å². The second-order valence-electron chi connectivity index (χ2n) is 12.5. The van der Waals surface area contributed by atoms with Gasteiger partial charge in [-0.2, -0.15) is 22.0 Å². The van der Waals surface area contributed by atoms with Gasteiger partial charge in [0.25, 0.3) is 0 Å². The third kappa shape index (κ3) is 6.87. The monoisotopic (exact) mass is 710 g/mol. The van der Waals surface area contributed by atoms with Crippen molar-refractivity contribution in [2.75, 3.05) is 36.0 Å². The highest BCUT2D eigenvalue weighted by Gasteiger charge is 2.58. The third-order valence-electron chi connectivity index (χ3n) is 9.11. The van der Waals surface area contributed by atoms with Crippen molar-refractivity contribution in [1.82, 2.24) is 25.2 Å². The average Bonchev–Trinajstić information content (AvgIpc) is 3.76. The Labute approximate surface area is 286 Å². The van der Waals surface area contributed by atoms with Crippen molar-refractivity contribution in [3.63, 3.8) is 0 Å². The van der Waals surface area contributed by atoms with Gasteiger partial charge >= 0.3 is 12.1 Å². The lowest BCUT2D eigenvalue weighted by Gasteiger charge is -2.37. The lowest BCUT2D eigenvalue weighted by molar-refractivity contribution is -0.207. The molecule has 5 aromatic rings. The van der Waals surface area contributed by atoms with Crippen LogP contribution in [0.4, 0.5) is 47.8 Å². The summed E-state index contributed by atoms with van der Waals surface area (Å²) in [7, 11) is 0. The van der Waals surface area contributed by atoms with Crippen molar-refractivity contribution in [3.05, 3.63) is 114 Å². The van der Waals surface area contributed by atoms with E-state index in [4.69, 9.17) is 0 Å². The maximum Gasteiger partial charge on any atom is 0.394 e. The number of halogens is 7. The topological polar surface area (TPSA) is 95.6 Å². The quantitative estimate of drug-likeness (QED) is 0.172. The Kier molecular flexibility index (Phi) is 8.73. The number of nitrogens with zero attached hydrogens (tertiary/aromatic N) is 8. The molecule has 7 rings (SSSR count). The molecule has 1 fully saturated rings. The Morgan fingerprint density at radius 2 is 1.45 bits per heavy atom. The van der Waals surface area contributed by atoms with Gasteiger partial charge in [0.2, 0.25) is 0 Å². The fourth-order valence-corrected chi connectivity index (χ4v) is 6.50. The van der Waals surface area contributed by atoms with E-state index in [2.05, 4.69) is 35.3 Å². The van der Waals surface area contributed by atoms with E-state index in [0.717, 1.165) is 46.1 Å². The predicted octanol–water partition coefficient (Wildman–Crippen LogP) is 6.60. The van der Waals surface area contributed by atoms with Gasteiger partial charge < -0.3 is 14.9 Å². The van der Waals surface area contributed by atoms with Gasteiger partial charge in [-0.25, -0.2) is 13.5 Å². The fraction of sp³-hybridized carbons (Fsp3) is 0.286. The first-order valence-corrected chi connectivity index (χ1v) is 15.9. The number of aliphatic imine (C=N–C) groups is 1. The van der Waals surface area contributed by atoms with Gasteiger partial charge in [-0.05, 0) is 70.1 Å². The molecule has 0 amide bonds. The summed E-state index contributed by atoms with van der Waals surface area (Å²) in [5.74, 6) is -6.55. The van der Waals surface area contributed by atoms with Gasteiger partial charge in [-0.3, -0.25) is 9.98 Å². The van der Waals surface area contributed by atoms with Crippen LogP contribution in [0.25, 0.3) is 11.1 Å². The molecule has 264 valence electrons. The number of piperazine rings is 1. The number of alkyl halides is 5. The molecule has 9 nitrogen and oxygen atoms in total. The lowest BCUT2D eigenvalue weighted by atomic mass is 9.84. The number of aliphatic hydroxyl groups is 1. The number of aromatic nitrogens is 5. The molecule has 0 spiro atoms. The number of benzene rings is 3. The standard InChI is InChI=1S/C35H29F7N8O/c36-25-4-8-29(30(37)17-25)33(51,20-50-21-44-46-47-50)35(41,42)32-10-3-23(19-43-32)22-1-5-27(6-2-22)48-11-13-49(14-12-48)28-7-9-31-24(16-28)15-26(45-31)18-34(38,39)40/h1-10,16-17,19,21,51H,11-15,18,20H2/t33-/m0/s1. The molecule has 0 aliphatic carbocycles. The van der Waals surface area contributed by atoms with Crippen LogP contribution in [0.3, 0.4) is 0 Å². The number of hydrogen-bond donors (Lipinski definition) is 1. The SMILES string of the molecule is O[C@@](Cn1cnnn1)(c1ccc(F)cc1F)C(F)(F)c1ccc(-c2ccc(N3CCN(c4ccc5c(c4)CC(CC(F)(F)F)=N5)CC3)cc2)cn1. The first-order valence-electron chi connectivity index (χ1n) is 15.9. The van der Waals surface area contributed by atoms with Crippen molar-refractivity contribution in [2.24, 2.45) is 4.99 Å². The zero-order valence-electron chi connectivity index (χ0n) is 26.7. The summed E-state index contributed by atoms with van der Waals surface area (Å²) in [6, 6.07) is 17.4. The lowest BCUT2D eigenvalue weighted by Crippen LogP contribution is -2.48. The molecule has 3 aromatic carbocycles. The minimum Gasteiger partial charge on any atom is -0.377 e. The number of anilines is 2. The maximum atomic E-state index is 16.1. The highest BCUT2D eigenvalue weighted by atomic mass is 19.4. The number of pyridine rings is 1. The van der Waals surface area contributed by atoms with Crippen molar-refractivity contribution in [3.8, 4) is 11.1 Å². The number of tetrazole rings is 1. The molecule has 1 saturated heterocycles. The summed E-state index contributed by atoms with van der Waals surface area (Å²) in [5, 5.41) is 21.7. The number of rotatable bonds is 9. The molecule has 2 aliphatic rings. The Balaban J connectivity index is 1.02. The Morgan fingerprint density at radius 3 is 2.08 bits per heavy atom. The highest BCUT2D eigenvalue weighted by Crippen LogP contribution is 2.47. The van der Waals surface area contributed by atoms with Crippen molar-refractivity contribution >= 4 is 22.8 Å². The molecule has 2 aliphatic heterocycles. The van der Waals surface area contributed by atoms with Crippen molar-refractivity contribution < 1.29 is 35.8 Å². The summed E-state index contributed by atoms with van der Waals surface area (Å²) in [4.78, 5) is 12.5. The van der Waals surface area contributed by atoms with Crippen LogP contribution in [0.1, 0.15) is 23.2 Å². The summed E-state index contributed by atoms with van der Waals surface area (Å²) >= 11 is 0. The average molecular weight is 711 g/mol. The molecule has 1 atom stereocenters. The van der Waals surface area contributed by atoms with Gasteiger partial charge in [-0.15, -0.1) is 5.10 Å². The van der Waals surface area contributed by atoms with Crippen molar-refractivity contribution in [2.45, 2.75) is 37.1 Å². The van der Waals surface area contributed by atoms with Crippen LogP contribution in [0.15, 0.2) is 90.3 Å². The zero-order chi connectivity index (χ0) is 36.0. The predicted molar refractivity (Wildman–Crippen MR) is 174 cm³/mol. The first-order chi connectivity index (χ1) is 24.3. The maximum absolute atomic E-state index is 16.1. The van der Waals surface area contributed by atoms with Crippen LogP contribution >= 0.6 is 0 Å². The van der Waals surface area contributed by atoms with Crippen molar-refractivity contribution in [1.29, 1.82) is 0 Å². The van der Waals surface area contributed by atoms with E-state index in [1.54, 1.807) is 6.07 Å². The van der Waals surface area contributed by atoms with E-state index in [9.17, 15) is 27.1 Å². The Bertz CT molecular complexity index is 2050. The second-order valence-corrected chi connectivity index (χ2v) is 12.5. The van der Waals surface area contributed by atoms with Crippen LogP contribution in [0.5, 0.6) is 0 Å². The van der Waals surface area contributed by atoms with E-state index in [1.807, 2.05) is 36.4 Å². The molecule has 51 heavy (non-hydrogen) atoms. The minimum absolute atomic E-state index is 0.121. The normalized spacial score (nSPS) is 16.2. The van der Waals surface area contributed by atoms with Gasteiger partial charge in [-0.1, -0.05) is 18.2 Å². The summed E-state index contributed by atoms with van der Waals surface area (Å²) in [5.41, 5.74) is -0.361. The molecular formula is C35H29F7N8O. The fourth-order valence-electron chi connectivity index (χ4n) is 6.50. The Morgan fingerprint density at radius 1 is 0.765 bits per heavy atom. The number of fused-ring (bicyclic) bond motifs is 1. The highest BCUT2D eigenvalue weighted by molar-refractivity contribution is 5.94. The van der Waals surface area contributed by atoms with E-state index < -0.39 is 53.6 Å². The largest absolute Gasteiger partial charge is 0.394 e. The van der Waals surface area contributed by atoms with Gasteiger partial charge in [0, 0.05) is 73.1 Å². The molecule has 0 saturated carbocycles. The number of hydrogen-bond acceptors (Lipinski definition) is 8. The molecule has 16 heteroatoms. The van der Waals surface area contributed by atoms with Crippen LogP contribution in [-0.4, -0.2) is 68.4 Å². The summed E-state index contributed by atoms with van der Waals surface area (Å²) in [6.07, 6.45) is -2.91. The Hall–Kier alpha value is -5.38. The molecule has 1 N–H and O–H groups in total. The van der Waals surface area contributed by atoms with Gasteiger partial charge in [0.05, 0.1) is 18.7 Å². The zero-order valence-corrected chi connectivity index (χ0v) is 26.7. The first kappa shape index (κ1) is 34.1. The minimum atomic E-state index is -4.29. The van der Waals surface area contributed by atoms with Gasteiger partial charge in [0.1, 0.15) is 23.7 Å². The van der Waals surface area contributed by atoms with Crippen LogP contribution in [0.2, 0.25) is 0 Å². The molecular weight excluding hydrogens is 681 g/mol. The van der Waals surface area contributed by atoms with E-state index in [0.29, 0.717) is 49.1 Å². The summed E-state index contributed by atoms with van der Waals surface area (Å²) in [6.45, 7) is 1.82. The molecule has 2 aromatic heterocycles. The summed E-state index contributed by atoms with van der Waals surface area (Å²) < 4.78 is 100. The van der Waals surface area contributed by atoms with E-state index >= 15 is 8.78 Å². The molecule has 0 unspecified atom stereocenters. The van der Waals surface area contributed by atoms with E-state index in [-0.39, 0.29) is 12.1 Å². The molecule has 0 bridgehead atoms. The van der Waals surface area contributed by atoms with Crippen LogP contribution in [-0.2, 0) is 24.5 Å². The molecule has 4 heterocycles. The molecule has 0 radical (unpaired) electrons. The van der Waals surface area contributed by atoms with E-state index in [1.165, 1.54) is 12.3 Å². The van der Waals surface area contributed by atoms with Gasteiger partial charge in [0.15, 0.2) is 5.60 Å². The second kappa shape index (κ2) is 13.1. The third-order valence-corrected chi connectivity index (χ3v) is 9.11. The van der Waals surface area contributed by atoms with Crippen LogP contribution < -0.4 is 9.80 Å². The smallest absolute Gasteiger partial charge is 0.377 e.